The third-order valence-electron chi connectivity index (χ3n) is 4.09. The van der Waals surface area contributed by atoms with Crippen LogP contribution in [-0.2, 0) is 6.54 Å². The van der Waals surface area contributed by atoms with Crippen molar-refractivity contribution in [3.63, 3.8) is 0 Å². The Hall–Kier alpha value is -1.56. The smallest absolute Gasteiger partial charge is 0.254 e. The molecule has 0 aliphatic carbocycles. The van der Waals surface area contributed by atoms with Gasteiger partial charge < -0.3 is 5.21 Å². The van der Waals surface area contributed by atoms with E-state index in [-0.39, 0.29) is 10.9 Å². The molecule has 3 rings (SSSR count). The maximum absolute atomic E-state index is 13.0. The molecule has 0 bridgehead atoms. The lowest BCUT2D eigenvalue weighted by atomic mass is 10.1. The van der Waals surface area contributed by atoms with Crippen LogP contribution in [0, 0.1) is 5.21 Å². The normalized spacial score (nSPS) is 20.1. The summed E-state index contributed by atoms with van der Waals surface area (Å²) in [4.78, 5) is 2.01. The van der Waals surface area contributed by atoms with Crippen LogP contribution in [0.15, 0.2) is 54.6 Å². The average Bonchev–Trinajstić information content (AvgIpc) is 2.79. The highest BCUT2D eigenvalue weighted by Crippen LogP contribution is 2.42. The zero-order valence-corrected chi connectivity index (χ0v) is 16.4. The number of thioether (sulfide) groups is 1. The molecule has 0 radical (unpaired) electrons. The minimum Gasteiger partial charge on any atom is -0.622 e. The van der Waals surface area contributed by atoms with Crippen LogP contribution in [0.2, 0.25) is 5.02 Å². The van der Waals surface area contributed by atoms with Crippen LogP contribution in [0.25, 0.3) is 0 Å². The van der Waals surface area contributed by atoms with Gasteiger partial charge in [-0.2, -0.15) is 4.74 Å². The van der Waals surface area contributed by atoms with Gasteiger partial charge >= 0.3 is 0 Å². The van der Waals surface area contributed by atoms with Gasteiger partial charge in [0.05, 0.1) is 6.54 Å². The largest absolute Gasteiger partial charge is 0.622 e. The Bertz CT molecular complexity index is 791. The molecule has 0 aromatic heterocycles. The second kappa shape index (κ2) is 7.36. The molecular formula is C19H19ClN2OS2. The third kappa shape index (κ3) is 4.17. The predicted molar refractivity (Wildman–Crippen MR) is 110 cm³/mol. The predicted octanol–water partition coefficient (Wildman–Crippen LogP) is 4.91. The Labute approximate surface area is 162 Å². The van der Waals surface area contributed by atoms with E-state index in [1.807, 2.05) is 47.4 Å². The van der Waals surface area contributed by atoms with E-state index >= 15 is 0 Å². The lowest BCUT2D eigenvalue weighted by molar-refractivity contribution is -0.524. The van der Waals surface area contributed by atoms with Crippen LogP contribution < -0.4 is 0 Å². The number of hydrogen-bond donors (Lipinski definition) is 0. The van der Waals surface area contributed by atoms with Crippen LogP contribution >= 0.6 is 35.6 Å². The van der Waals surface area contributed by atoms with Gasteiger partial charge in [-0.3, -0.25) is 4.90 Å². The van der Waals surface area contributed by atoms with Crippen molar-refractivity contribution in [1.82, 2.24) is 4.90 Å². The van der Waals surface area contributed by atoms with Crippen LogP contribution in [0.1, 0.15) is 25.0 Å². The molecule has 6 heteroatoms. The molecule has 3 nitrogen and oxygen atoms in total. The van der Waals surface area contributed by atoms with E-state index in [1.54, 1.807) is 30.1 Å². The highest BCUT2D eigenvalue weighted by atomic mass is 35.5. The molecule has 25 heavy (non-hydrogen) atoms. The number of nitrogens with zero attached hydrogens (tertiary/aromatic N) is 2. The number of benzene rings is 2. The molecule has 0 spiro atoms. The molecule has 1 unspecified atom stereocenters. The lowest BCUT2D eigenvalue weighted by Gasteiger charge is -2.29. The van der Waals surface area contributed by atoms with Crippen molar-refractivity contribution in [3.05, 3.63) is 76.0 Å². The van der Waals surface area contributed by atoms with Gasteiger partial charge in [0, 0.05) is 10.6 Å². The van der Waals surface area contributed by atoms with E-state index in [2.05, 4.69) is 13.8 Å². The monoisotopic (exact) mass is 390 g/mol. The molecule has 0 amide bonds. The first-order chi connectivity index (χ1) is 11.9. The van der Waals surface area contributed by atoms with Crippen molar-refractivity contribution in [2.45, 2.75) is 31.3 Å². The summed E-state index contributed by atoms with van der Waals surface area (Å²) in [6, 6.07) is 17.3. The quantitative estimate of drug-likeness (QED) is 0.244. The second-order valence-corrected chi connectivity index (χ2v) is 9.22. The summed E-state index contributed by atoms with van der Waals surface area (Å²) in [5, 5.41) is 13.6. The first-order valence-corrected chi connectivity index (χ1v) is 9.56. The van der Waals surface area contributed by atoms with E-state index in [9.17, 15) is 5.21 Å². The van der Waals surface area contributed by atoms with E-state index in [4.69, 9.17) is 23.8 Å². The molecule has 1 saturated heterocycles. The molecule has 1 aliphatic heterocycles. The van der Waals surface area contributed by atoms with Crippen LogP contribution in [-0.4, -0.2) is 31.1 Å². The third-order valence-corrected chi connectivity index (χ3v) is 5.97. The van der Waals surface area contributed by atoms with E-state index in [0.717, 1.165) is 20.2 Å². The summed E-state index contributed by atoms with van der Waals surface area (Å²) in [6.45, 7) is 4.73. The van der Waals surface area contributed by atoms with Crippen molar-refractivity contribution in [2.24, 2.45) is 0 Å². The molecule has 2 aromatic rings. The standard InChI is InChI=1S/C19H19ClN2OS2/c1-19(2)17(22(23)13-15-8-10-16(20)11-9-15)21(18(24)25-19)12-14-6-4-3-5-7-14/h3-11,13,17H,12H2,1-2H3/b22-13-. The Balaban J connectivity index is 1.91. The number of thiocarbonyl (C=S) groups is 1. The van der Waals surface area contributed by atoms with Gasteiger partial charge in [0.15, 0.2) is 6.21 Å². The van der Waals surface area contributed by atoms with Crippen molar-refractivity contribution in [1.29, 1.82) is 0 Å². The fourth-order valence-corrected chi connectivity index (χ4v) is 4.96. The minimum absolute atomic E-state index is 0.309. The molecule has 1 aliphatic rings. The molecule has 0 saturated carbocycles. The van der Waals surface area contributed by atoms with Crippen molar-refractivity contribution < 1.29 is 4.74 Å². The molecule has 2 aromatic carbocycles. The average molecular weight is 391 g/mol. The van der Waals surface area contributed by atoms with Crippen LogP contribution in [0.4, 0.5) is 0 Å². The highest BCUT2D eigenvalue weighted by molar-refractivity contribution is 8.24. The number of hydroxylamine groups is 1. The fourth-order valence-electron chi connectivity index (χ4n) is 2.95. The summed E-state index contributed by atoms with van der Waals surface area (Å²) < 4.78 is 1.46. The van der Waals surface area contributed by atoms with Gasteiger partial charge in [-0.15, -0.1) is 0 Å². The van der Waals surface area contributed by atoms with Gasteiger partial charge in [-0.1, -0.05) is 65.9 Å². The highest BCUT2D eigenvalue weighted by Gasteiger charge is 2.50. The Kier molecular flexibility index (Phi) is 5.37. The lowest BCUT2D eigenvalue weighted by Crippen LogP contribution is -2.47. The zero-order valence-electron chi connectivity index (χ0n) is 14.1. The molecule has 0 N–H and O–H groups in total. The van der Waals surface area contributed by atoms with Crippen molar-refractivity contribution in [3.8, 4) is 0 Å². The fraction of sp³-hybridized carbons (Fsp3) is 0.263. The second-order valence-electron chi connectivity index (χ2n) is 6.50. The molecule has 1 heterocycles. The maximum Gasteiger partial charge on any atom is 0.254 e. The van der Waals surface area contributed by atoms with Crippen LogP contribution in [0.3, 0.4) is 0 Å². The van der Waals surface area contributed by atoms with E-state index in [0.29, 0.717) is 11.6 Å². The van der Waals surface area contributed by atoms with E-state index in [1.165, 1.54) is 0 Å². The van der Waals surface area contributed by atoms with E-state index < -0.39 is 0 Å². The van der Waals surface area contributed by atoms with Gasteiger partial charge in [0.1, 0.15) is 9.07 Å². The maximum atomic E-state index is 13.0. The number of hydrogen-bond acceptors (Lipinski definition) is 3. The van der Waals surface area contributed by atoms with Crippen molar-refractivity contribution >= 4 is 46.1 Å². The van der Waals surface area contributed by atoms with Crippen molar-refractivity contribution in [2.75, 3.05) is 0 Å². The Morgan fingerprint density at radius 2 is 1.84 bits per heavy atom. The molecule has 130 valence electrons. The number of halogens is 1. The summed E-state index contributed by atoms with van der Waals surface area (Å²) in [5.41, 5.74) is 1.95. The minimum atomic E-state index is -0.374. The van der Waals surface area contributed by atoms with Gasteiger partial charge in [-0.25, -0.2) is 0 Å². The van der Waals surface area contributed by atoms with Gasteiger partial charge in [0.25, 0.3) is 6.17 Å². The molecule has 1 atom stereocenters. The first-order valence-electron chi connectivity index (χ1n) is 7.96. The van der Waals surface area contributed by atoms with Gasteiger partial charge in [-0.05, 0) is 43.7 Å². The number of rotatable bonds is 4. The Morgan fingerprint density at radius 1 is 1.20 bits per heavy atom. The van der Waals surface area contributed by atoms with Crippen LogP contribution in [0.5, 0.6) is 0 Å². The summed E-state index contributed by atoms with van der Waals surface area (Å²) in [5.74, 6) is 0. The SMILES string of the molecule is CC1(C)SC(=S)N(Cc2ccccc2)C1/[N+]([O-])=C/c1ccc(Cl)cc1. The molecular weight excluding hydrogens is 372 g/mol. The topological polar surface area (TPSA) is 29.3 Å². The summed E-state index contributed by atoms with van der Waals surface area (Å²) >= 11 is 13.1. The molecule has 1 fully saturated rings. The summed E-state index contributed by atoms with van der Waals surface area (Å²) in [7, 11) is 0. The zero-order chi connectivity index (χ0) is 18.0. The first kappa shape index (κ1) is 18.2. The Morgan fingerprint density at radius 3 is 2.48 bits per heavy atom. The van der Waals surface area contributed by atoms with Gasteiger partial charge in [0.2, 0.25) is 0 Å². The summed E-state index contributed by atoms with van der Waals surface area (Å²) in [6.07, 6.45) is 1.23.